The fraction of sp³-hybridized carbons (Fsp3) is 0.222. The molecule has 0 saturated heterocycles. The molecule has 0 bridgehead atoms. The number of ketones is 1. The number of amides is 1. The highest BCUT2D eigenvalue weighted by molar-refractivity contribution is 6.29. The van der Waals surface area contributed by atoms with Crippen molar-refractivity contribution in [3.05, 3.63) is 48.5 Å². The van der Waals surface area contributed by atoms with E-state index in [1.807, 2.05) is 48.5 Å². The minimum absolute atomic E-state index is 0.117. The summed E-state index contributed by atoms with van der Waals surface area (Å²) >= 11 is 5.69. The third kappa shape index (κ3) is 3.08. The number of alkyl halides is 1. The molecule has 3 rings (SSSR count). The summed E-state index contributed by atoms with van der Waals surface area (Å²) in [5, 5.41) is 0. The van der Waals surface area contributed by atoms with E-state index < -0.39 is 6.10 Å². The Morgan fingerprint density at radius 1 is 1.17 bits per heavy atom. The van der Waals surface area contributed by atoms with Crippen LogP contribution in [0, 0.1) is 0 Å². The lowest BCUT2D eigenvalue weighted by molar-refractivity contribution is -0.124. The van der Waals surface area contributed by atoms with Crippen LogP contribution in [0.1, 0.15) is 6.92 Å². The van der Waals surface area contributed by atoms with Crippen LogP contribution in [-0.4, -0.2) is 30.2 Å². The second kappa shape index (κ2) is 6.42. The van der Waals surface area contributed by atoms with Crippen LogP contribution in [0.4, 0.5) is 5.69 Å². The molecule has 1 heterocycles. The van der Waals surface area contributed by atoms with E-state index in [0.717, 1.165) is 11.1 Å². The van der Waals surface area contributed by atoms with E-state index in [1.165, 1.54) is 11.8 Å². The summed E-state index contributed by atoms with van der Waals surface area (Å²) in [6.07, 6.45) is -0.666. The van der Waals surface area contributed by atoms with Crippen LogP contribution < -0.4 is 9.64 Å². The van der Waals surface area contributed by atoms with E-state index in [2.05, 4.69) is 0 Å². The van der Waals surface area contributed by atoms with Gasteiger partial charge in [0.2, 0.25) is 5.91 Å². The number of benzene rings is 2. The number of carbonyl (C=O) groups is 2. The zero-order chi connectivity index (χ0) is 16.4. The SMILES string of the molecule is CC(=O)C1CN(C(=O)CCl)c2ccc(-c3ccccc3)cc2O1. The van der Waals surface area contributed by atoms with Crippen LogP contribution in [-0.2, 0) is 9.59 Å². The Hall–Kier alpha value is -2.33. The summed E-state index contributed by atoms with van der Waals surface area (Å²) in [7, 11) is 0. The van der Waals surface area contributed by atoms with Crippen LogP contribution in [0.15, 0.2) is 48.5 Å². The number of rotatable bonds is 3. The van der Waals surface area contributed by atoms with E-state index in [1.54, 1.807) is 0 Å². The third-order valence-corrected chi connectivity index (χ3v) is 4.07. The minimum Gasteiger partial charge on any atom is -0.479 e. The van der Waals surface area contributed by atoms with Gasteiger partial charge in [-0.25, -0.2) is 0 Å². The lowest BCUT2D eigenvalue weighted by atomic mass is 10.0. The van der Waals surface area contributed by atoms with E-state index in [-0.39, 0.29) is 24.1 Å². The lowest BCUT2D eigenvalue weighted by Gasteiger charge is -2.33. The summed E-state index contributed by atoms with van der Waals surface area (Å²) in [5.41, 5.74) is 2.65. The largest absolute Gasteiger partial charge is 0.479 e. The molecular weight excluding hydrogens is 314 g/mol. The van der Waals surface area contributed by atoms with Crippen LogP contribution >= 0.6 is 11.6 Å². The molecule has 2 aromatic carbocycles. The first-order valence-corrected chi connectivity index (χ1v) is 7.86. The number of hydrogen-bond donors (Lipinski definition) is 0. The van der Waals surface area contributed by atoms with Gasteiger partial charge in [-0.3, -0.25) is 9.59 Å². The molecule has 0 N–H and O–H groups in total. The normalized spacial score (nSPS) is 16.4. The molecule has 0 fully saturated rings. The highest BCUT2D eigenvalue weighted by Crippen LogP contribution is 2.37. The van der Waals surface area contributed by atoms with Gasteiger partial charge in [-0.05, 0) is 30.2 Å². The van der Waals surface area contributed by atoms with Gasteiger partial charge in [0.15, 0.2) is 11.9 Å². The molecule has 0 spiro atoms. The molecule has 1 aliphatic rings. The topological polar surface area (TPSA) is 46.6 Å². The van der Waals surface area contributed by atoms with Crippen molar-refractivity contribution in [3.63, 3.8) is 0 Å². The molecule has 23 heavy (non-hydrogen) atoms. The summed E-state index contributed by atoms with van der Waals surface area (Å²) in [6, 6.07) is 15.5. The fourth-order valence-electron chi connectivity index (χ4n) is 2.62. The van der Waals surface area contributed by atoms with E-state index in [0.29, 0.717) is 11.4 Å². The molecule has 1 amide bonds. The molecule has 2 aromatic rings. The van der Waals surface area contributed by atoms with Crippen molar-refractivity contribution in [2.75, 3.05) is 17.3 Å². The van der Waals surface area contributed by atoms with Crippen LogP contribution in [0.25, 0.3) is 11.1 Å². The van der Waals surface area contributed by atoms with Gasteiger partial charge in [0.25, 0.3) is 0 Å². The van der Waals surface area contributed by atoms with Gasteiger partial charge in [-0.1, -0.05) is 36.4 Å². The van der Waals surface area contributed by atoms with Crippen LogP contribution in [0.2, 0.25) is 0 Å². The molecule has 0 aliphatic carbocycles. The minimum atomic E-state index is -0.666. The Labute approximate surface area is 139 Å². The number of hydrogen-bond acceptors (Lipinski definition) is 3. The molecule has 5 heteroatoms. The summed E-state index contributed by atoms with van der Waals surface area (Å²) in [6.45, 7) is 1.65. The lowest BCUT2D eigenvalue weighted by Crippen LogP contribution is -2.47. The van der Waals surface area contributed by atoms with Crippen molar-refractivity contribution < 1.29 is 14.3 Å². The summed E-state index contributed by atoms with van der Waals surface area (Å²) < 4.78 is 5.79. The van der Waals surface area contributed by atoms with Gasteiger partial charge < -0.3 is 9.64 Å². The average Bonchev–Trinajstić information content (AvgIpc) is 2.60. The van der Waals surface area contributed by atoms with Crippen molar-refractivity contribution in [2.24, 2.45) is 0 Å². The second-order valence-corrected chi connectivity index (χ2v) is 5.67. The average molecular weight is 330 g/mol. The van der Waals surface area contributed by atoms with Gasteiger partial charge in [0.1, 0.15) is 11.6 Å². The predicted octanol–water partition coefficient (Wildman–Crippen LogP) is 3.28. The number of ether oxygens (including phenoxy) is 1. The van der Waals surface area contributed by atoms with E-state index >= 15 is 0 Å². The van der Waals surface area contributed by atoms with Crippen molar-refractivity contribution in [1.82, 2.24) is 0 Å². The maximum atomic E-state index is 12.1. The highest BCUT2D eigenvalue weighted by atomic mass is 35.5. The zero-order valence-corrected chi connectivity index (χ0v) is 13.4. The van der Waals surface area contributed by atoms with Gasteiger partial charge in [-0.2, -0.15) is 0 Å². The Balaban J connectivity index is 2.04. The third-order valence-electron chi connectivity index (χ3n) is 3.84. The molecule has 1 atom stereocenters. The summed E-state index contributed by atoms with van der Waals surface area (Å²) in [4.78, 5) is 25.3. The van der Waals surface area contributed by atoms with E-state index in [4.69, 9.17) is 16.3 Å². The van der Waals surface area contributed by atoms with E-state index in [9.17, 15) is 9.59 Å². The molecular formula is C18H16ClNO3. The molecule has 118 valence electrons. The van der Waals surface area contributed by atoms with Crippen molar-refractivity contribution in [2.45, 2.75) is 13.0 Å². The smallest absolute Gasteiger partial charge is 0.242 e. The summed E-state index contributed by atoms with van der Waals surface area (Å²) in [5.74, 6) is 0.0316. The quantitative estimate of drug-likeness (QED) is 0.812. The number of halogens is 1. The predicted molar refractivity (Wildman–Crippen MR) is 90.0 cm³/mol. The van der Waals surface area contributed by atoms with Crippen molar-refractivity contribution in [1.29, 1.82) is 0 Å². The Bertz CT molecular complexity index is 745. The van der Waals surface area contributed by atoms with Crippen molar-refractivity contribution in [3.8, 4) is 16.9 Å². The number of carbonyl (C=O) groups excluding carboxylic acids is 2. The molecule has 4 nitrogen and oxygen atoms in total. The molecule has 1 aliphatic heterocycles. The Kier molecular flexibility index (Phi) is 4.35. The number of Topliss-reactive ketones (excluding diaryl/α,β-unsaturated/α-hetero) is 1. The van der Waals surface area contributed by atoms with Gasteiger partial charge in [0.05, 0.1) is 12.2 Å². The zero-order valence-electron chi connectivity index (χ0n) is 12.7. The number of anilines is 1. The highest BCUT2D eigenvalue weighted by Gasteiger charge is 2.31. The van der Waals surface area contributed by atoms with Gasteiger partial charge in [0, 0.05) is 0 Å². The first kappa shape index (κ1) is 15.6. The van der Waals surface area contributed by atoms with Crippen molar-refractivity contribution >= 4 is 29.0 Å². The Morgan fingerprint density at radius 2 is 1.91 bits per heavy atom. The van der Waals surface area contributed by atoms with Crippen LogP contribution in [0.3, 0.4) is 0 Å². The maximum Gasteiger partial charge on any atom is 0.242 e. The second-order valence-electron chi connectivity index (χ2n) is 5.40. The fourth-order valence-corrected chi connectivity index (χ4v) is 2.76. The van der Waals surface area contributed by atoms with Gasteiger partial charge >= 0.3 is 0 Å². The molecule has 0 saturated carbocycles. The van der Waals surface area contributed by atoms with Gasteiger partial charge in [-0.15, -0.1) is 11.6 Å². The number of fused-ring (bicyclic) bond motifs is 1. The number of nitrogens with zero attached hydrogens (tertiary/aromatic N) is 1. The molecule has 1 unspecified atom stereocenters. The molecule has 0 aromatic heterocycles. The Morgan fingerprint density at radius 3 is 2.57 bits per heavy atom. The standard InChI is InChI=1S/C18H16ClNO3/c1-12(21)17-11-20(18(22)10-19)15-8-7-14(9-16(15)23-17)13-5-3-2-4-6-13/h2-9,17H,10-11H2,1H3. The monoisotopic (exact) mass is 329 g/mol. The first-order chi connectivity index (χ1) is 11.1. The first-order valence-electron chi connectivity index (χ1n) is 7.33. The molecule has 0 radical (unpaired) electrons. The maximum absolute atomic E-state index is 12.1. The van der Waals surface area contributed by atoms with Crippen LogP contribution in [0.5, 0.6) is 5.75 Å².